The van der Waals surface area contributed by atoms with E-state index in [-0.39, 0.29) is 41.1 Å². The third-order valence-corrected chi connectivity index (χ3v) is 4.05. The number of nitrogens with zero attached hydrogens (tertiary/aromatic N) is 1. The first kappa shape index (κ1) is 26.1. The number of rotatable bonds is 7. The molecule has 27 heavy (non-hydrogen) atoms. The molecule has 0 spiro atoms. The number of halogens is 1. The molecule has 6 heteroatoms. The normalized spacial score (nSPS) is 13.7. The Balaban J connectivity index is 0.00000676. The van der Waals surface area contributed by atoms with Crippen LogP contribution >= 0.6 is 24.0 Å². The standard InChI is InChI=1S/C21H37N3O2.HI/c1-20(2,3)18(25-8)14-24-19(22-7)23-13-16-10-9-11-17(12-16)15-26-21(4,5)6;/h9-12,18H,13-15H2,1-8H3,(H2,22,23,24);1H. The zero-order chi connectivity index (χ0) is 19.8. The lowest BCUT2D eigenvalue weighted by molar-refractivity contribution is -0.0149. The highest BCUT2D eigenvalue weighted by Crippen LogP contribution is 2.20. The van der Waals surface area contributed by atoms with Gasteiger partial charge in [-0.25, -0.2) is 0 Å². The van der Waals surface area contributed by atoms with Gasteiger partial charge in [0, 0.05) is 27.2 Å². The van der Waals surface area contributed by atoms with Crippen molar-refractivity contribution in [3.05, 3.63) is 35.4 Å². The molecular formula is C21H38IN3O2. The van der Waals surface area contributed by atoms with E-state index in [4.69, 9.17) is 9.47 Å². The van der Waals surface area contributed by atoms with Gasteiger partial charge in [0.2, 0.25) is 0 Å². The lowest BCUT2D eigenvalue weighted by Gasteiger charge is -2.30. The van der Waals surface area contributed by atoms with Gasteiger partial charge < -0.3 is 20.1 Å². The van der Waals surface area contributed by atoms with Gasteiger partial charge in [0.05, 0.1) is 18.3 Å². The van der Waals surface area contributed by atoms with Gasteiger partial charge in [-0.15, -0.1) is 24.0 Å². The summed E-state index contributed by atoms with van der Waals surface area (Å²) in [5.74, 6) is 0.771. The Morgan fingerprint density at radius 3 is 2.22 bits per heavy atom. The zero-order valence-corrected chi connectivity index (χ0v) is 20.5. The van der Waals surface area contributed by atoms with E-state index in [2.05, 4.69) is 81.4 Å². The first-order valence-electron chi connectivity index (χ1n) is 9.24. The van der Waals surface area contributed by atoms with Gasteiger partial charge in [-0.2, -0.15) is 0 Å². The molecule has 0 saturated carbocycles. The minimum atomic E-state index is -0.134. The molecule has 1 rings (SSSR count). The molecule has 0 aromatic heterocycles. The average Bonchev–Trinajstić information content (AvgIpc) is 2.55. The average molecular weight is 491 g/mol. The minimum absolute atomic E-state index is 0. The van der Waals surface area contributed by atoms with Crippen LogP contribution < -0.4 is 10.6 Å². The van der Waals surface area contributed by atoms with E-state index in [9.17, 15) is 0 Å². The number of nitrogens with one attached hydrogen (secondary N) is 2. The minimum Gasteiger partial charge on any atom is -0.379 e. The Labute approximate surface area is 182 Å². The van der Waals surface area contributed by atoms with Crippen LogP contribution in [0.2, 0.25) is 0 Å². The van der Waals surface area contributed by atoms with Crippen molar-refractivity contribution in [1.29, 1.82) is 0 Å². The maximum Gasteiger partial charge on any atom is 0.191 e. The van der Waals surface area contributed by atoms with Crippen LogP contribution in [-0.2, 0) is 22.6 Å². The van der Waals surface area contributed by atoms with Crippen molar-refractivity contribution in [2.45, 2.75) is 66.4 Å². The van der Waals surface area contributed by atoms with Crippen molar-refractivity contribution in [1.82, 2.24) is 10.6 Å². The zero-order valence-electron chi connectivity index (χ0n) is 18.2. The number of benzene rings is 1. The molecule has 0 fully saturated rings. The monoisotopic (exact) mass is 491 g/mol. The largest absolute Gasteiger partial charge is 0.379 e. The summed E-state index contributed by atoms with van der Waals surface area (Å²) in [5, 5.41) is 6.70. The van der Waals surface area contributed by atoms with E-state index in [1.54, 1.807) is 14.2 Å². The molecule has 5 nitrogen and oxygen atoms in total. The van der Waals surface area contributed by atoms with Crippen molar-refractivity contribution >= 4 is 29.9 Å². The van der Waals surface area contributed by atoms with Gasteiger partial charge in [0.25, 0.3) is 0 Å². The van der Waals surface area contributed by atoms with Crippen molar-refractivity contribution < 1.29 is 9.47 Å². The summed E-state index contributed by atoms with van der Waals surface area (Å²) in [6, 6.07) is 8.43. The van der Waals surface area contributed by atoms with E-state index in [1.807, 2.05) is 0 Å². The van der Waals surface area contributed by atoms with Gasteiger partial charge in [-0.05, 0) is 37.3 Å². The predicted molar refractivity (Wildman–Crippen MR) is 125 cm³/mol. The molecule has 0 aliphatic carbocycles. The predicted octanol–water partition coefficient (Wildman–Crippen LogP) is 4.35. The molecule has 0 aliphatic rings. The summed E-state index contributed by atoms with van der Waals surface area (Å²) >= 11 is 0. The summed E-state index contributed by atoms with van der Waals surface area (Å²) in [4.78, 5) is 4.30. The second-order valence-electron chi connectivity index (χ2n) is 8.62. The Morgan fingerprint density at radius 2 is 1.70 bits per heavy atom. The maximum atomic E-state index is 5.86. The number of aliphatic imine (C=N–C) groups is 1. The third kappa shape index (κ3) is 10.9. The second-order valence-corrected chi connectivity index (χ2v) is 8.62. The van der Waals surface area contributed by atoms with Crippen molar-refractivity contribution in [2.24, 2.45) is 10.4 Å². The second kappa shape index (κ2) is 11.9. The summed E-state index contributed by atoms with van der Waals surface area (Å²) < 4.78 is 11.4. The lowest BCUT2D eigenvalue weighted by Crippen LogP contribution is -2.45. The first-order valence-corrected chi connectivity index (χ1v) is 9.24. The molecular weight excluding hydrogens is 453 g/mol. The van der Waals surface area contributed by atoms with E-state index in [0.29, 0.717) is 19.7 Å². The Morgan fingerprint density at radius 1 is 1.07 bits per heavy atom. The van der Waals surface area contributed by atoms with Crippen LogP contribution in [-0.4, -0.2) is 38.4 Å². The van der Waals surface area contributed by atoms with Crippen molar-refractivity contribution in [2.75, 3.05) is 20.7 Å². The molecule has 0 heterocycles. The van der Waals surface area contributed by atoms with E-state index >= 15 is 0 Å². The fourth-order valence-electron chi connectivity index (χ4n) is 2.47. The SMILES string of the molecule is CN=C(NCc1cccc(COC(C)(C)C)c1)NCC(OC)C(C)(C)C.I. The number of hydrogen-bond donors (Lipinski definition) is 2. The summed E-state index contributed by atoms with van der Waals surface area (Å²) in [5.41, 5.74) is 2.31. The van der Waals surface area contributed by atoms with Crippen LogP contribution in [0.15, 0.2) is 29.3 Å². The highest BCUT2D eigenvalue weighted by molar-refractivity contribution is 14.0. The van der Waals surface area contributed by atoms with Crippen molar-refractivity contribution in [3.8, 4) is 0 Å². The summed E-state index contributed by atoms with van der Waals surface area (Å²) in [7, 11) is 3.53. The molecule has 1 aromatic carbocycles. The highest BCUT2D eigenvalue weighted by atomic mass is 127. The Kier molecular flexibility index (Phi) is 11.5. The molecule has 0 amide bonds. The number of ether oxygens (including phenoxy) is 2. The van der Waals surface area contributed by atoms with Crippen LogP contribution in [0.5, 0.6) is 0 Å². The fraction of sp³-hybridized carbons (Fsp3) is 0.667. The number of guanidine groups is 1. The van der Waals surface area contributed by atoms with Gasteiger partial charge in [0.1, 0.15) is 0 Å². The Hall–Kier alpha value is -0.860. The number of hydrogen-bond acceptors (Lipinski definition) is 3. The molecule has 0 bridgehead atoms. The maximum absolute atomic E-state index is 5.86. The topological polar surface area (TPSA) is 54.9 Å². The third-order valence-electron chi connectivity index (χ3n) is 4.05. The van der Waals surface area contributed by atoms with Crippen LogP contribution in [0.1, 0.15) is 52.7 Å². The van der Waals surface area contributed by atoms with Crippen LogP contribution in [0.3, 0.4) is 0 Å². The first-order chi connectivity index (χ1) is 12.0. The van der Waals surface area contributed by atoms with Gasteiger partial charge >= 0.3 is 0 Å². The van der Waals surface area contributed by atoms with E-state index in [1.165, 1.54) is 11.1 Å². The molecule has 1 aromatic rings. The van der Waals surface area contributed by atoms with Gasteiger partial charge in [-0.1, -0.05) is 45.0 Å². The Bertz CT molecular complexity index is 578. The molecule has 2 N–H and O–H groups in total. The molecule has 0 saturated heterocycles. The van der Waals surface area contributed by atoms with E-state index < -0.39 is 0 Å². The highest BCUT2D eigenvalue weighted by Gasteiger charge is 2.24. The number of methoxy groups -OCH3 is 1. The van der Waals surface area contributed by atoms with Gasteiger partial charge in [0.15, 0.2) is 5.96 Å². The molecule has 0 radical (unpaired) electrons. The van der Waals surface area contributed by atoms with Gasteiger partial charge in [-0.3, -0.25) is 4.99 Å². The summed E-state index contributed by atoms with van der Waals surface area (Å²) in [6.45, 7) is 14.7. The van der Waals surface area contributed by atoms with Crippen LogP contribution in [0.25, 0.3) is 0 Å². The van der Waals surface area contributed by atoms with Crippen LogP contribution in [0, 0.1) is 5.41 Å². The fourth-order valence-corrected chi connectivity index (χ4v) is 2.47. The molecule has 1 unspecified atom stereocenters. The smallest absolute Gasteiger partial charge is 0.191 e. The molecule has 1 atom stereocenters. The lowest BCUT2D eigenvalue weighted by atomic mass is 9.89. The van der Waals surface area contributed by atoms with Crippen molar-refractivity contribution in [3.63, 3.8) is 0 Å². The quantitative estimate of drug-likeness (QED) is 0.339. The van der Waals surface area contributed by atoms with E-state index in [0.717, 1.165) is 5.96 Å². The summed E-state index contributed by atoms with van der Waals surface area (Å²) in [6.07, 6.45) is 0.110. The molecule has 0 aliphatic heterocycles. The molecule has 156 valence electrons. The van der Waals surface area contributed by atoms with Crippen LogP contribution in [0.4, 0.5) is 0 Å².